The first-order valence-electron chi connectivity index (χ1n) is 11.7. The number of alkyl halides is 3. The zero-order valence-electron chi connectivity index (χ0n) is 19.1. The van der Waals surface area contributed by atoms with Gasteiger partial charge in [-0.2, -0.15) is 18.3 Å². The minimum Gasteiger partial charge on any atom is -0.394 e. The van der Waals surface area contributed by atoms with Gasteiger partial charge in [0.25, 0.3) is 0 Å². The highest BCUT2D eigenvalue weighted by atomic mass is 19.4. The van der Waals surface area contributed by atoms with Crippen LogP contribution in [-0.2, 0) is 4.79 Å². The minimum absolute atomic E-state index is 0.00857. The van der Waals surface area contributed by atoms with E-state index in [4.69, 9.17) is 10.8 Å². The Balaban J connectivity index is 1.62. The van der Waals surface area contributed by atoms with Crippen molar-refractivity contribution in [2.45, 2.75) is 76.4 Å². The molecule has 1 aliphatic heterocycles. The molecule has 3 heterocycles. The molecule has 1 aliphatic carbocycles. The van der Waals surface area contributed by atoms with Gasteiger partial charge in [0.15, 0.2) is 5.65 Å². The van der Waals surface area contributed by atoms with Gasteiger partial charge in [-0.1, -0.05) is 0 Å². The van der Waals surface area contributed by atoms with Gasteiger partial charge < -0.3 is 15.7 Å². The van der Waals surface area contributed by atoms with Gasteiger partial charge in [-0.25, -0.2) is 9.50 Å². The lowest BCUT2D eigenvalue weighted by Gasteiger charge is -2.35. The fourth-order valence-electron chi connectivity index (χ4n) is 5.35. The number of nitrogens with zero attached hydrogens (tertiary/aromatic N) is 4. The quantitative estimate of drug-likeness (QED) is 0.720. The molecule has 1 saturated carbocycles. The second-order valence-corrected chi connectivity index (χ2v) is 9.55. The summed E-state index contributed by atoms with van der Waals surface area (Å²) in [6.07, 6.45) is -1.25. The van der Waals surface area contributed by atoms with Crippen molar-refractivity contribution in [3.8, 4) is 0 Å². The average molecular weight is 468 g/mol. The van der Waals surface area contributed by atoms with E-state index in [0.717, 1.165) is 35.5 Å². The number of halogens is 3. The summed E-state index contributed by atoms with van der Waals surface area (Å²) in [7, 11) is 0. The van der Waals surface area contributed by atoms with Gasteiger partial charge in [0, 0.05) is 36.7 Å². The maximum absolute atomic E-state index is 13.1. The molecule has 2 aromatic heterocycles. The first-order chi connectivity index (χ1) is 15.6. The lowest BCUT2D eigenvalue weighted by molar-refractivity contribution is -0.182. The number of hydrogen-bond donors (Lipinski definition) is 2. The van der Waals surface area contributed by atoms with Gasteiger partial charge in [0.05, 0.1) is 23.9 Å². The van der Waals surface area contributed by atoms with E-state index in [2.05, 4.69) is 4.98 Å². The molecule has 0 radical (unpaired) electrons. The fraction of sp³-hybridized carbons (Fsp3) is 0.696. The monoisotopic (exact) mass is 467 g/mol. The lowest BCUT2D eigenvalue weighted by atomic mass is 9.80. The number of nitrogens with two attached hydrogens (primary N) is 1. The Labute approximate surface area is 191 Å². The zero-order valence-corrected chi connectivity index (χ0v) is 19.1. The molecule has 4 rings (SSSR count). The third kappa shape index (κ3) is 4.73. The van der Waals surface area contributed by atoms with E-state index in [1.165, 1.54) is 0 Å². The molecule has 10 heteroatoms. The zero-order chi connectivity index (χ0) is 23.9. The normalized spacial score (nSPS) is 25.4. The summed E-state index contributed by atoms with van der Waals surface area (Å²) in [4.78, 5) is 18.9. The summed E-state index contributed by atoms with van der Waals surface area (Å²) in [6.45, 7) is 4.62. The van der Waals surface area contributed by atoms with Crippen LogP contribution in [0.5, 0.6) is 0 Å². The van der Waals surface area contributed by atoms with E-state index >= 15 is 0 Å². The predicted molar refractivity (Wildman–Crippen MR) is 117 cm³/mol. The number of aliphatic hydroxyl groups is 1. The molecule has 0 bridgehead atoms. The summed E-state index contributed by atoms with van der Waals surface area (Å²) in [5, 5.41) is 14.1. The van der Waals surface area contributed by atoms with Crippen LogP contribution in [-0.4, -0.2) is 62.4 Å². The van der Waals surface area contributed by atoms with Crippen LogP contribution in [0.4, 0.5) is 13.2 Å². The second kappa shape index (κ2) is 9.21. The largest absolute Gasteiger partial charge is 0.394 e. The van der Waals surface area contributed by atoms with Crippen LogP contribution < -0.4 is 5.73 Å². The molecule has 2 aromatic rings. The van der Waals surface area contributed by atoms with Gasteiger partial charge in [-0.3, -0.25) is 4.79 Å². The van der Waals surface area contributed by atoms with Crippen molar-refractivity contribution in [2.75, 3.05) is 19.7 Å². The third-order valence-corrected chi connectivity index (χ3v) is 7.39. The Morgan fingerprint density at radius 2 is 1.91 bits per heavy atom. The number of carbonyl (C=O) groups is 1. The van der Waals surface area contributed by atoms with Crippen LogP contribution in [0.1, 0.15) is 73.0 Å². The molecule has 1 amide bonds. The number of aromatic nitrogens is 3. The molecule has 0 unspecified atom stereocenters. The van der Waals surface area contributed by atoms with Gasteiger partial charge in [-0.05, 0) is 57.9 Å². The van der Waals surface area contributed by atoms with E-state index in [0.29, 0.717) is 31.6 Å². The number of piperidine rings is 1. The van der Waals surface area contributed by atoms with Crippen molar-refractivity contribution < 1.29 is 23.1 Å². The van der Waals surface area contributed by atoms with Gasteiger partial charge in [-0.15, -0.1) is 0 Å². The van der Waals surface area contributed by atoms with Crippen molar-refractivity contribution >= 4 is 11.6 Å². The van der Waals surface area contributed by atoms with E-state index in [1.807, 2.05) is 24.4 Å². The number of fused-ring (bicyclic) bond motifs is 1. The Hall–Kier alpha value is -2.20. The van der Waals surface area contributed by atoms with Crippen molar-refractivity contribution in [2.24, 2.45) is 11.7 Å². The fourth-order valence-corrected chi connectivity index (χ4v) is 5.35. The first-order valence-corrected chi connectivity index (χ1v) is 11.7. The smallest absolute Gasteiger partial charge is 0.391 e. The Morgan fingerprint density at radius 3 is 2.55 bits per heavy atom. The number of aliphatic hydroxyl groups excluding tert-OH is 1. The Kier molecular flexibility index (Phi) is 6.68. The molecule has 3 N–H and O–H groups in total. The predicted octanol–water partition coefficient (Wildman–Crippen LogP) is 3.21. The Bertz CT molecular complexity index is 1010. The number of likely N-dealkylation sites (tertiary alicyclic amines) is 1. The van der Waals surface area contributed by atoms with Crippen molar-refractivity contribution in [3.05, 3.63) is 28.7 Å². The van der Waals surface area contributed by atoms with Crippen LogP contribution in [0.2, 0.25) is 0 Å². The van der Waals surface area contributed by atoms with E-state index in [9.17, 15) is 23.1 Å². The van der Waals surface area contributed by atoms with E-state index in [1.54, 1.807) is 4.90 Å². The molecule has 0 spiro atoms. The second-order valence-electron chi connectivity index (χ2n) is 9.55. The van der Waals surface area contributed by atoms with Gasteiger partial charge in [0.1, 0.15) is 6.04 Å². The number of hydrogen-bond acceptors (Lipinski definition) is 5. The highest BCUT2D eigenvalue weighted by molar-refractivity contribution is 5.82. The summed E-state index contributed by atoms with van der Waals surface area (Å²) < 4.78 is 41.0. The first kappa shape index (κ1) is 23.9. The maximum atomic E-state index is 13.1. The molecule has 0 aromatic carbocycles. The molecule has 33 heavy (non-hydrogen) atoms. The highest BCUT2D eigenvalue weighted by Crippen LogP contribution is 2.43. The molecule has 1 saturated heterocycles. The van der Waals surface area contributed by atoms with Crippen molar-refractivity contribution in [1.82, 2.24) is 19.5 Å². The van der Waals surface area contributed by atoms with E-state index < -0.39 is 24.7 Å². The molecule has 182 valence electrons. The Morgan fingerprint density at radius 1 is 1.21 bits per heavy atom. The summed E-state index contributed by atoms with van der Waals surface area (Å²) >= 11 is 0. The van der Waals surface area contributed by atoms with Crippen LogP contribution in [0.25, 0.3) is 5.65 Å². The average Bonchev–Trinajstić information content (AvgIpc) is 3.21. The molecular weight excluding hydrogens is 435 g/mol. The standard InChI is InChI=1S/C23H32F3N5O2/c1-13-14(2)28-20-10-19(15-5-7-17(8-6-15)23(24,25)26)29-31(20)21(13)16-4-3-9-30(11-16)22(33)18(27)12-32/h10,15-18,32H,3-9,11-12,27H2,1-2H3/t15?,16-,17?,18+/m1/s1. The number of rotatable bonds is 4. The summed E-state index contributed by atoms with van der Waals surface area (Å²) in [5.74, 6) is -1.46. The van der Waals surface area contributed by atoms with Gasteiger partial charge in [0.2, 0.25) is 5.91 Å². The molecule has 7 nitrogen and oxygen atoms in total. The lowest BCUT2D eigenvalue weighted by Crippen LogP contribution is -2.49. The SMILES string of the molecule is Cc1nc2cc(C3CCC(C(F)(F)F)CC3)nn2c([C@@H]2CCCN(C(=O)[C@@H](N)CO)C2)c1C. The van der Waals surface area contributed by atoms with Crippen LogP contribution in [0.15, 0.2) is 6.07 Å². The summed E-state index contributed by atoms with van der Waals surface area (Å²) in [6, 6.07) is 0.981. The number of amides is 1. The number of carbonyl (C=O) groups excluding carboxylic acids is 1. The van der Waals surface area contributed by atoms with Crippen molar-refractivity contribution in [1.29, 1.82) is 0 Å². The minimum atomic E-state index is -4.13. The third-order valence-electron chi connectivity index (χ3n) is 7.39. The highest BCUT2D eigenvalue weighted by Gasteiger charge is 2.42. The van der Waals surface area contributed by atoms with Crippen LogP contribution in [0, 0.1) is 19.8 Å². The van der Waals surface area contributed by atoms with E-state index in [-0.39, 0.29) is 30.6 Å². The van der Waals surface area contributed by atoms with Crippen LogP contribution in [0.3, 0.4) is 0 Å². The van der Waals surface area contributed by atoms with Crippen LogP contribution >= 0.6 is 0 Å². The molecule has 2 atom stereocenters. The van der Waals surface area contributed by atoms with Crippen molar-refractivity contribution in [3.63, 3.8) is 0 Å². The summed E-state index contributed by atoms with van der Waals surface area (Å²) in [5.41, 5.74) is 10.1. The van der Waals surface area contributed by atoms with Gasteiger partial charge >= 0.3 is 6.18 Å². The maximum Gasteiger partial charge on any atom is 0.391 e. The molecular formula is C23H32F3N5O2. The number of aryl methyl sites for hydroxylation is 1. The molecule has 2 fully saturated rings. The molecule has 2 aliphatic rings. The topological polar surface area (TPSA) is 96.8 Å².